The first-order chi connectivity index (χ1) is 16.8. The number of amides is 2. The van der Waals surface area contributed by atoms with Gasteiger partial charge in [0.05, 0.1) is 18.1 Å². The summed E-state index contributed by atoms with van der Waals surface area (Å²) < 4.78 is 0. The van der Waals surface area contributed by atoms with Crippen LogP contribution in [0.15, 0.2) is 36.5 Å². The number of anilines is 2. The van der Waals surface area contributed by atoms with E-state index >= 15 is 0 Å². The van der Waals surface area contributed by atoms with Gasteiger partial charge in [0.2, 0.25) is 11.9 Å². The molecule has 5 rings (SSSR count). The number of carbonyl (C=O) groups is 2. The molecule has 1 saturated heterocycles. The van der Waals surface area contributed by atoms with Crippen molar-refractivity contribution in [3.63, 3.8) is 0 Å². The van der Waals surface area contributed by atoms with Crippen molar-refractivity contribution in [3.8, 4) is 0 Å². The number of carbonyl (C=O) groups excluding carboxylic acids is 2. The normalized spacial score (nSPS) is 17.9. The van der Waals surface area contributed by atoms with Crippen LogP contribution >= 0.6 is 0 Å². The van der Waals surface area contributed by atoms with Crippen LogP contribution < -0.4 is 10.2 Å². The van der Waals surface area contributed by atoms with Gasteiger partial charge in [-0.1, -0.05) is 18.2 Å². The number of hydrogen-bond acceptors (Lipinski definition) is 7. The highest BCUT2D eigenvalue weighted by Crippen LogP contribution is 2.31. The number of hydrogen-bond donors (Lipinski definition) is 1. The lowest BCUT2D eigenvalue weighted by Gasteiger charge is -2.24. The minimum absolute atomic E-state index is 0.0317. The number of pyridine rings is 1. The van der Waals surface area contributed by atoms with Gasteiger partial charge in [-0.2, -0.15) is 4.98 Å². The zero-order valence-corrected chi connectivity index (χ0v) is 20.7. The summed E-state index contributed by atoms with van der Waals surface area (Å²) in [6.45, 7) is 5.78. The first kappa shape index (κ1) is 23.2. The lowest BCUT2D eigenvalue weighted by Crippen LogP contribution is -2.43. The van der Waals surface area contributed by atoms with E-state index < -0.39 is 0 Å². The molecule has 0 unspecified atom stereocenters. The number of nitrogens with one attached hydrogen (secondary N) is 1. The Labute approximate surface area is 205 Å². The van der Waals surface area contributed by atoms with Gasteiger partial charge in [-0.15, -0.1) is 0 Å². The smallest absolute Gasteiger partial charge is 0.273 e. The number of fused-ring (bicyclic) bond motifs is 2. The predicted molar refractivity (Wildman–Crippen MR) is 135 cm³/mol. The fourth-order valence-corrected chi connectivity index (χ4v) is 4.83. The van der Waals surface area contributed by atoms with Crippen LogP contribution in [0.2, 0.25) is 0 Å². The zero-order chi connectivity index (χ0) is 24.7. The molecule has 4 heterocycles. The second kappa shape index (κ2) is 9.22. The summed E-state index contributed by atoms with van der Waals surface area (Å²) in [6, 6.07) is 9.91. The highest BCUT2D eigenvalue weighted by Gasteiger charge is 2.36. The number of benzene rings is 1. The molecule has 3 aromatic rings. The molecule has 0 radical (unpaired) electrons. The third-order valence-electron chi connectivity index (χ3n) is 6.95. The second-order valence-corrected chi connectivity index (χ2v) is 9.65. The highest BCUT2D eigenvalue weighted by molar-refractivity contribution is 6.00. The number of nitrogens with zero attached hydrogens (tertiary/aromatic N) is 6. The van der Waals surface area contributed by atoms with Crippen molar-refractivity contribution in [2.45, 2.75) is 51.9 Å². The van der Waals surface area contributed by atoms with E-state index in [-0.39, 0.29) is 29.8 Å². The highest BCUT2D eigenvalue weighted by atomic mass is 16.2. The quantitative estimate of drug-likeness (QED) is 0.588. The zero-order valence-electron chi connectivity index (χ0n) is 20.7. The van der Waals surface area contributed by atoms with E-state index in [4.69, 9.17) is 4.98 Å². The van der Waals surface area contributed by atoms with Gasteiger partial charge < -0.3 is 10.2 Å². The molecular weight excluding hydrogens is 442 g/mol. The Bertz CT molecular complexity index is 1290. The van der Waals surface area contributed by atoms with Gasteiger partial charge in [0.1, 0.15) is 11.5 Å². The lowest BCUT2D eigenvalue weighted by atomic mass is 10.1. The molecule has 1 atom stereocenters. The standard InChI is InChI=1S/C26H31N7O2/c1-16(2)33-15-19-22(25(33)35)29-26(32(4)24(34)21-10-7-11-31(21)3)30-23(19)28-14-17-12-18-8-5-6-9-20(18)27-13-17/h5-6,8-9,12-13,16,21H,7,10-11,14-15H2,1-4H3,(H,28,29,30)/t21-/m0/s1. The Morgan fingerprint density at radius 3 is 2.80 bits per heavy atom. The van der Waals surface area contributed by atoms with Gasteiger partial charge in [0.15, 0.2) is 0 Å². The molecule has 0 aliphatic carbocycles. The van der Waals surface area contributed by atoms with Crippen LogP contribution in [0.1, 0.15) is 48.3 Å². The molecule has 9 nitrogen and oxygen atoms in total. The lowest BCUT2D eigenvalue weighted by molar-refractivity contribution is -0.122. The third kappa shape index (κ3) is 4.32. The SMILES string of the molecule is CC(C)N1Cc2c(NCc3cnc4ccccc4c3)nc(N(C)C(=O)[C@@H]3CCCN3C)nc2C1=O. The van der Waals surface area contributed by atoms with Crippen molar-refractivity contribution in [1.82, 2.24) is 24.8 Å². The molecule has 2 aromatic heterocycles. The van der Waals surface area contributed by atoms with Crippen LogP contribution in [0.3, 0.4) is 0 Å². The second-order valence-electron chi connectivity index (χ2n) is 9.65. The number of aromatic nitrogens is 3. The van der Waals surface area contributed by atoms with E-state index in [0.717, 1.165) is 41.4 Å². The van der Waals surface area contributed by atoms with Crippen molar-refractivity contribution < 1.29 is 9.59 Å². The average Bonchev–Trinajstić information content (AvgIpc) is 3.44. The summed E-state index contributed by atoms with van der Waals surface area (Å²) >= 11 is 0. The predicted octanol–water partition coefficient (Wildman–Crippen LogP) is 3.06. The molecule has 2 aliphatic rings. The molecule has 2 aliphatic heterocycles. The maximum Gasteiger partial charge on any atom is 0.273 e. The summed E-state index contributed by atoms with van der Waals surface area (Å²) in [4.78, 5) is 45.5. The molecule has 35 heavy (non-hydrogen) atoms. The van der Waals surface area contributed by atoms with E-state index in [1.54, 1.807) is 11.9 Å². The molecule has 1 aromatic carbocycles. The van der Waals surface area contributed by atoms with E-state index in [9.17, 15) is 9.59 Å². The fourth-order valence-electron chi connectivity index (χ4n) is 4.83. The van der Waals surface area contributed by atoms with Gasteiger partial charge in [0, 0.05) is 36.8 Å². The average molecular weight is 474 g/mol. The molecule has 0 bridgehead atoms. The Morgan fingerprint density at radius 1 is 1.26 bits per heavy atom. The number of para-hydroxylation sites is 1. The van der Waals surface area contributed by atoms with Crippen LogP contribution in [0.5, 0.6) is 0 Å². The van der Waals surface area contributed by atoms with Crippen molar-refractivity contribution in [3.05, 3.63) is 53.3 Å². The molecule has 0 spiro atoms. The molecule has 9 heteroatoms. The van der Waals surface area contributed by atoms with E-state index in [2.05, 4.69) is 26.3 Å². The first-order valence-electron chi connectivity index (χ1n) is 12.1. The first-order valence-corrected chi connectivity index (χ1v) is 12.1. The van der Waals surface area contributed by atoms with E-state index in [0.29, 0.717) is 24.6 Å². The van der Waals surface area contributed by atoms with Gasteiger partial charge in [0.25, 0.3) is 5.91 Å². The van der Waals surface area contributed by atoms with Gasteiger partial charge in [-0.25, -0.2) is 4.98 Å². The summed E-state index contributed by atoms with van der Waals surface area (Å²) in [5.41, 5.74) is 3.07. The monoisotopic (exact) mass is 473 g/mol. The largest absolute Gasteiger partial charge is 0.365 e. The minimum atomic E-state index is -0.195. The summed E-state index contributed by atoms with van der Waals surface area (Å²) in [5.74, 6) is 0.634. The molecule has 1 N–H and O–H groups in total. The Kier molecular flexibility index (Phi) is 6.10. The van der Waals surface area contributed by atoms with Crippen LogP contribution in [-0.4, -0.2) is 69.3 Å². The summed E-state index contributed by atoms with van der Waals surface area (Å²) in [5, 5.41) is 4.46. The maximum absolute atomic E-state index is 13.2. The molecule has 2 amide bonds. The fraction of sp³-hybridized carbons (Fsp3) is 0.423. The van der Waals surface area contributed by atoms with Gasteiger partial charge in [-0.3, -0.25) is 24.4 Å². The molecular formula is C26H31N7O2. The van der Waals surface area contributed by atoms with E-state index in [1.165, 1.54) is 4.90 Å². The topological polar surface area (TPSA) is 94.6 Å². The van der Waals surface area contributed by atoms with Crippen LogP contribution in [0.25, 0.3) is 10.9 Å². The Balaban J connectivity index is 1.46. The molecule has 1 fully saturated rings. The van der Waals surface area contributed by atoms with Crippen molar-refractivity contribution >= 4 is 34.5 Å². The number of likely N-dealkylation sites (N-methyl/N-ethyl adjacent to an activating group) is 2. The van der Waals surface area contributed by atoms with Gasteiger partial charge >= 0.3 is 0 Å². The number of rotatable bonds is 6. The van der Waals surface area contributed by atoms with Crippen molar-refractivity contribution in [1.29, 1.82) is 0 Å². The number of likely N-dealkylation sites (tertiary alicyclic amines) is 1. The van der Waals surface area contributed by atoms with Crippen molar-refractivity contribution in [2.24, 2.45) is 0 Å². The Hall–Kier alpha value is -3.59. The molecule has 0 saturated carbocycles. The van der Waals surface area contributed by atoms with Crippen LogP contribution in [-0.2, 0) is 17.9 Å². The Morgan fingerprint density at radius 2 is 2.06 bits per heavy atom. The minimum Gasteiger partial charge on any atom is -0.365 e. The van der Waals surface area contributed by atoms with Crippen molar-refractivity contribution in [2.75, 3.05) is 30.9 Å². The van der Waals surface area contributed by atoms with E-state index in [1.807, 2.05) is 51.4 Å². The van der Waals surface area contributed by atoms with Crippen LogP contribution in [0.4, 0.5) is 11.8 Å². The molecule has 182 valence electrons. The third-order valence-corrected chi connectivity index (χ3v) is 6.95. The van der Waals surface area contributed by atoms with Gasteiger partial charge in [-0.05, 0) is 58.0 Å². The van der Waals surface area contributed by atoms with Crippen LogP contribution in [0, 0.1) is 0 Å². The summed E-state index contributed by atoms with van der Waals surface area (Å²) in [6.07, 6.45) is 3.64. The summed E-state index contributed by atoms with van der Waals surface area (Å²) in [7, 11) is 3.65. The maximum atomic E-state index is 13.2.